The third-order valence-corrected chi connectivity index (χ3v) is 7.04. The molecule has 180 valence electrons. The molecule has 3 heterocycles. The Morgan fingerprint density at radius 3 is 2.43 bits per heavy atom. The first-order valence-corrected chi connectivity index (χ1v) is 12.4. The van der Waals surface area contributed by atoms with Crippen LogP contribution in [0.5, 0.6) is 0 Å². The van der Waals surface area contributed by atoms with Gasteiger partial charge in [-0.1, -0.05) is 12.1 Å². The van der Waals surface area contributed by atoms with Crippen molar-refractivity contribution in [3.63, 3.8) is 0 Å². The Bertz CT molecular complexity index is 1240. The van der Waals surface area contributed by atoms with Crippen LogP contribution < -0.4 is 5.32 Å². The van der Waals surface area contributed by atoms with E-state index in [1.54, 1.807) is 18.2 Å². The molecular formula is C28H30N4O3. The number of fused-ring (bicyclic) bond motifs is 1. The van der Waals surface area contributed by atoms with E-state index in [1.165, 1.54) is 12.0 Å². The van der Waals surface area contributed by atoms with Gasteiger partial charge in [-0.25, -0.2) is 0 Å². The minimum Gasteiger partial charge on any atom is -0.451 e. The number of furan rings is 1. The lowest BCUT2D eigenvalue weighted by atomic mass is 10.0. The van der Waals surface area contributed by atoms with Gasteiger partial charge in [-0.2, -0.15) is 5.26 Å². The Hall–Kier alpha value is -3.63. The normalized spacial score (nSPS) is 17.3. The average Bonchev–Trinajstić information content (AvgIpc) is 3.34. The predicted molar refractivity (Wildman–Crippen MR) is 133 cm³/mol. The van der Waals surface area contributed by atoms with E-state index in [9.17, 15) is 9.59 Å². The molecule has 0 unspecified atom stereocenters. The summed E-state index contributed by atoms with van der Waals surface area (Å²) in [4.78, 5) is 30.0. The summed E-state index contributed by atoms with van der Waals surface area (Å²) in [6.07, 6.45) is 5.03. The summed E-state index contributed by atoms with van der Waals surface area (Å²) >= 11 is 0. The van der Waals surface area contributed by atoms with Crippen LogP contribution in [-0.4, -0.2) is 53.8 Å². The zero-order chi connectivity index (χ0) is 24.2. The molecule has 2 aliphatic heterocycles. The number of rotatable bonds is 5. The highest BCUT2D eigenvalue weighted by atomic mass is 16.3. The Balaban J connectivity index is 1.16. The number of amides is 2. The van der Waals surface area contributed by atoms with Crippen molar-refractivity contribution in [2.45, 2.75) is 44.7 Å². The molecule has 0 saturated carbocycles. The Kier molecular flexibility index (Phi) is 6.82. The minimum absolute atomic E-state index is 0.0477. The first-order chi connectivity index (χ1) is 17.1. The lowest BCUT2D eigenvalue weighted by molar-refractivity contribution is 0.0724. The van der Waals surface area contributed by atoms with Crippen molar-refractivity contribution in [3.05, 3.63) is 71.0 Å². The molecule has 2 saturated heterocycles. The van der Waals surface area contributed by atoms with Crippen LogP contribution in [0.15, 0.2) is 52.9 Å². The molecule has 2 fully saturated rings. The maximum Gasteiger partial charge on any atom is 0.287 e. The van der Waals surface area contributed by atoms with E-state index in [4.69, 9.17) is 9.68 Å². The fourth-order valence-corrected chi connectivity index (χ4v) is 5.00. The van der Waals surface area contributed by atoms with Crippen LogP contribution in [0.25, 0.3) is 11.0 Å². The number of carbonyl (C=O) groups is 2. The standard InChI is InChI=1S/C28H30N4O3/c29-18-20-4-6-21(7-5-20)19-31-14-10-24(11-15-31)30-27(33)26-17-23-16-22(8-9-25(23)35-26)28(34)32-12-2-1-3-13-32/h4-9,16-17,24H,1-3,10-15,19H2,(H,30,33). The fourth-order valence-electron chi connectivity index (χ4n) is 5.00. The molecule has 7 nitrogen and oxygen atoms in total. The lowest BCUT2D eigenvalue weighted by Crippen LogP contribution is -2.44. The zero-order valence-corrected chi connectivity index (χ0v) is 19.8. The maximum absolute atomic E-state index is 12.9. The quantitative estimate of drug-likeness (QED) is 0.600. The second kappa shape index (κ2) is 10.3. The monoisotopic (exact) mass is 470 g/mol. The minimum atomic E-state index is -0.212. The molecule has 35 heavy (non-hydrogen) atoms. The molecule has 1 aromatic heterocycles. The van der Waals surface area contributed by atoms with Crippen molar-refractivity contribution in [3.8, 4) is 6.07 Å². The third-order valence-electron chi connectivity index (χ3n) is 7.04. The molecule has 0 bridgehead atoms. The van der Waals surface area contributed by atoms with Crippen molar-refractivity contribution in [1.82, 2.24) is 15.1 Å². The molecule has 0 spiro atoms. The third kappa shape index (κ3) is 5.39. The number of nitrogens with zero attached hydrogens (tertiary/aromatic N) is 3. The van der Waals surface area contributed by atoms with Crippen LogP contribution in [0.3, 0.4) is 0 Å². The number of nitrogens with one attached hydrogen (secondary N) is 1. The topological polar surface area (TPSA) is 89.6 Å². The average molecular weight is 471 g/mol. The highest BCUT2D eigenvalue weighted by Gasteiger charge is 2.23. The SMILES string of the molecule is N#Cc1ccc(CN2CCC(NC(=O)c3cc4cc(C(=O)N5CCCCC5)ccc4o3)CC2)cc1. The van der Waals surface area contributed by atoms with Crippen LogP contribution in [0.1, 0.15) is 64.1 Å². The van der Waals surface area contributed by atoms with Gasteiger partial charge < -0.3 is 14.6 Å². The Morgan fingerprint density at radius 1 is 0.971 bits per heavy atom. The number of hydrogen-bond acceptors (Lipinski definition) is 5. The molecule has 0 radical (unpaired) electrons. The number of piperidine rings is 2. The number of likely N-dealkylation sites (tertiary alicyclic amines) is 2. The number of nitriles is 1. The molecule has 7 heteroatoms. The van der Waals surface area contributed by atoms with Gasteiger partial charge in [0, 0.05) is 49.7 Å². The summed E-state index contributed by atoms with van der Waals surface area (Å²) in [5.41, 5.74) is 3.11. The Labute approximate surface area is 205 Å². The zero-order valence-electron chi connectivity index (χ0n) is 19.8. The Morgan fingerprint density at radius 2 is 1.71 bits per heavy atom. The largest absolute Gasteiger partial charge is 0.451 e. The van der Waals surface area contributed by atoms with Crippen LogP contribution in [0, 0.1) is 11.3 Å². The van der Waals surface area contributed by atoms with Gasteiger partial charge in [-0.15, -0.1) is 0 Å². The van der Waals surface area contributed by atoms with Gasteiger partial charge in [0.25, 0.3) is 11.8 Å². The molecular weight excluding hydrogens is 440 g/mol. The van der Waals surface area contributed by atoms with E-state index in [1.807, 2.05) is 35.2 Å². The van der Waals surface area contributed by atoms with Gasteiger partial charge in [0.15, 0.2) is 5.76 Å². The van der Waals surface area contributed by atoms with Crippen molar-refractivity contribution in [2.24, 2.45) is 0 Å². The van der Waals surface area contributed by atoms with E-state index in [0.29, 0.717) is 16.7 Å². The number of hydrogen-bond donors (Lipinski definition) is 1. The highest BCUT2D eigenvalue weighted by Crippen LogP contribution is 2.23. The van der Waals surface area contributed by atoms with Crippen LogP contribution in [-0.2, 0) is 6.54 Å². The summed E-state index contributed by atoms with van der Waals surface area (Å²) in [6.45, 7) is 4.25. The first kappa shape index (κ1) is 23.1. The molecule has 2 amide bonds. The van der Waals surface area contributed by atoms with Gasteiger partial charge in [0.2, 0.25) is 0 Å². The van der Waals surface area contributed by atoms with Gasteiger partial charge >= 0.3 is 0 Å². The number of benzene rings is 2. The van der Waals surface area contributed by atoms with Crippen LogP contribution in [0.4, 0.5) is 0 Å². The second-order valence-corrected chi connectivity index (χ2v) is 9.55. The van der Waals surface area contributed by atoms with E-state index in [-0.39, 0.29) is 23.6 Å². The smallest absolute Gasteiger partial charge is 0.287 e. The molecule has 0 aliphatic carbocycles. The van der Waals surface area contributed by atoms with E-state index in [2.05, 4.69) is 16.3 Å². The van der Waals surface area contributed by atoms with Crippen LogP contribution in [0.2, 0.25) is 0 Å². The number of carbonyl (C=O) groups excluding carboxylic acids is 2. The second-order valence-electron chi connectivity index (χ2n) is 9.55. The maximum atomic E-state index is 12.9. The lowest BCUT2D eigenvalue weighted by Gasteiger charge is -2.32. The van der Waals surface area contributed by atoms with Crippen molar-refractivity contribution < 1.29 is 14.0 Å². The van der Waals surface area contributed by atoms with Crippen LogP contribution >= 0.6 is 0 Å². The summed E-state index contributed by atoms with van der Waals surface area (Å²) in [5, 5.41) is 12.8. The molecule has 0 atom stereocenters. The van der Waals surface area contributed by atoms with E-state index < -0.39 is 0 Å². The van der Waals surface area contributed by atoms with Gasteiger partial charge in [-0.3, -0.25) is 14.5 Å². The van der Waals surface area contributed by atoms with E-state index >= 15 is 0 Å². The molecule has 5 rings (SSSR count). The van der Waals surface area contributed by atoms with Gasteiger partial charge in [-0.05, 0) is 74.1 Å². The molecule has 2 aromatic carbocycles. The summed E-state index contributed by atoms with van der Waals surface area (Å²) in [5.74, 6) is 0.116. The summed E-state index contributed by atoms with van der Waals surface area (Å²) in [6, 6.07) is 17.1. The van der Waals surface area contributed by atoms with Gasteiger partial charge in [0.1, 0.15) is 5.58 Å². The summed E-state index contributed by atoms with van der Waals surface area (Å²) in [7, 11) is 0. The van der Waals surface area contributed by atoms with Crippen molar-refractivity contribution in [1.29, 1.82) is 5.26 Å². The summed E-state index contributed by atoms with van der Waals surface area (Å²) < 4.78 is 5.80. The first-order valence-electron chi connectivity index (χ1n) is 12.4. The van der Waals surface area contributed by atoms with Crippen molar-refractivity contribution >= 4 is 22.8 Å². The fraction of sp³-hybridized carbons (Fsp3) is 0.393. The molecule has 2 aliphatic rings. The predicted octanol–water partition coefficient (Wildman–Crippen LogP) is 4.32. The molecule has 1 N–H and O–H groups in total. The van der Waals surface area contributed by atoms with E-state index in [0.717, 1.165) is 63.8 Å². The highest BCUT2D eigenvalue weighted by molar-refractivity contribution is 6.00. The molecule has 3 aromatic rings. The van der Waals surface area contributed by atoms with Gasteiger partial charge in [0.05, 0.1) is 11.6 Å². The van der Waals surface area contributed by atoms with Crippen molar-refractivity contribution in [2.75, 3.05) is 26.2 Å².